The van der Waals surface area contributed by atoms with Crippen LogP contribution < -0.4 is 0 Å². The lowest BCUT2D eigenvalue weighted by Gasteiger charge is -2.03. The Kier molecular flexibility index (Phi) is 3.86. The molecule has 0 amide bonds. The van der Waals surface area contributed by atoms with Crippen molar-refractivity contribution < 1.29 is 17.6 Å². The highest BCUT2D eigenvalue weighted by atomic mass is 79.9. The fourth-order valence-electron chi connectivity index (χ4n) is 1.29. The van der Waals surface area contributed by atoms with Crippen LogP contribution in [0.25, 0.3) is 0 Å². The average Bonchev–Trinajstić information content (AvgIpc) is 2.44. The molecule has 19 heavy (non-hydrogen) atoms. The van der Waals surface area contributed by atoms with E-state index in [0.717, 1.165) is 0 Å². The number of hydrogen-bond acceptors (Lipinski definition) is 1. The fourth-order valence-corrected chi connectivity index (χ4v) is 1.73. The first-order valence-corrected chi connectivity index (χ1v) is 5.75. The number of benzene rings is 1. The summed E-state index contributed by atoms with van der Waals surface area (Å²) in [6.07, 6.45) is 2.91. The van der Waals surface area contributed by atoms with E-state index in [-0.39, 0.29) is 0 Å². The van der Waals surface area contributed by atoms with Crippen LogP contribution in [0.15, 0.2) is 29.0 Å². The van der Waals surface area contributed by atoms with Gasteiger partial charge in [0, 0.05) is 18.0 Å². The van der Waals surface area contributed by atoms with E-state index in [1.807, 2.05) is 0 Å². The number of pyridine rings is 1. The lowest BCUT2D eigenvalue weighted by atomic mass is 10.1. The third-order valence-electron chi connectivity index (χ3n) is 2.20. The van der Waals surface area contributed by atoms with Crippen LogP contribution >= 0.6 is 15.9 Å². The van der Waals surface area contributed by atoms with Gasteiger partial charge < -0.3 is 0 Å². The maximum atomic E-state index is 13.5. The SMILES string of the molecule is Fc1c(F)c(F)c(C#Cc2cccnc2)c(Br)c1F. The van der Waals surface area contributed by atoms with Crippen molar-refractivity contribution >= 4 is 15.9 Å². The Bertz CT molecular complexity index is 660. The topological polar surface area (TPSA) is 12.9 Å². The van der Waals surface area contributed by atoms with Gasteiger partial charge in [-0.25, -0.2) is 17.6 Å². The van der Waals surface area contributed by atoms with Crippen LogP contribution in [0.3, 0.4) is 0 Å². The summed E-state index contributed by atoms with van der Waals surface area (Å²) in [5, 5.41) is 0. The minimum Gasteiger partial charge on any atom is -0.263 e. The summed E-state index contributed by atoms with van der Waals surface area (Å²) in [7, 11) is 0. The van der Waals surface area contributed by atoms with E-state index < -0.39 is 33.3 Å². The zero-order valence-electron chi connectivity index (χ0n) is 9.15. The minimum atomic E-state index is -1.89. The van der Waals surface area contributed by atoms with Crippen LogP contribution in [0.1, 0.15) is 11.1 Å². The second-order valence-electron chi connectivity index (χ2n) is 3.44. The van der Waals surface area contributed by atoms with E-state index in [1.165, 1.54) is 12.4 Å². The quantitative estimate of drug-likeness (QED) is 0.310. The van der Waals surface area contributed by atoms with Crippen molar-refractivity contribution in [1.82, 2.24) is 4.98 Å². The highest BCUT2D eigenvalue weighted by Crippen LogP contribution is 2.27. The standard InChI is InChI=1S/C13H4BrF4N/c14-9-8(4-3-7-2-1-5-19-6-7)10(15)12(17)13(18)11(9)16/h1-2,5-6H. The largest absolute Gasteiger partial charge is 0.263 e. The minimum absolute atomic E-state index is 0.430. The molecule has 0 saturated heterocycles. The molecule has 1 aromatic heterocycles. The summed E-state index contributed by atoms with van der Waals surface area (Å²) in [6, 6.07) is 3.18. The molecule has 2 aromatic rings. The molecule has 1 aromatic carbocycles. The van der Waals surface area contributed by atoms with Gasteiger partial charge in [-0.2, -0.15) is 0 Å². The van der Waals surface area contributed by atoms with Crippen LogP contribution in [0.4, 0.5) is 17.6 Å². The molecule has 6 heteroatoms. The molecular formula is C13H4BrF4N. The van der Waals surface area contributed by atoms with Crippen molar-refractivity contribution in [2.24, 2.45) is 0 Å². The molecule has 0 N–H and O–H groups in total. The van der Waals surface area contributed by atoms with Gasteiger partial charge in [-0.15, -0.1) is 0 Å². The van der Waals surface area contributed by atoms with Crippen LogP contribution in [0, 0.1) is 35.1 Å². The smallest absolute Gasteiger partial charge is 0.198 e. The molecule has 0 saturated carbocycles. The van der Waals surface area contributed by atoms with Crippen molar-refractivity contribution in [2.45, 2.75) is 0 Å². The molecule has 1 nitrogen and oxygen atoms in total. The highest BCUT2D eigenvalue weighted by molar-refractivity contribution is 9.10. The summed E-state index contributed by atoms with van der Waals surface area (Å²) in [6.45, 7) is 0. The number of aromatic nitrogens is 1. The van der Waals surface area contributed by atoms with Crippen molar-refractivity contribution in [3.8, 4) is 11.8 Å². The summed E-state index contributed by atoms with van der Waals surface area (Å²) < 4.78 is 52.2. The van der Waals surface area contributed by atoms with E-state index in [4.69, 9.17) is 0 Å². The third-order valence-corrected chi connectivity index (χ3v) is 2.95. The molecule has 0 fully saturated rings. The van der Waals surface area contributed by atoms with E-state index in [2.05, 4.69) is 32.8 Å². The van der Waals surface area contributed by atoms with Crippen LogP contribution in [-0.2, 0) is 0 Å². The summed E-state index contributed by atoms with van der Waals surface area (Å²) in [4.78, 5) is 3.77. The van der Waals surface area contributed by atoms with Crippen molar-refractivity contribution in [3.63, 3.8) is 0 Å². The average molecular weight is 330 g/mol. The zero-order valence-corrected chi connectivity index (χ0v) is 10.7. The second-order valence-corrected chi connectivity index (χ2v) is 4.23. The summed E-state index contributed by atoms with van der Waals surface area (Å²) >= 11 is 2.65. The van der Waals surface area contributed by atoms with Gasteiger partial charge in [-0.3, -0.25) is 4.98 Å². The molecule has 0 radical (unpaired) electrons. The van der Waals surface area contributed by atoms with Gasteiger partial charge in [0.25, 0.3) is 0 Å². The van der Waals surface area contributed by atoms with Gasteiger partial charge in [-0.1, -0.05) is 11.8 Å². The molecule has 0 bridgehead atoms. The van der Waals surface area contributed by atoms with Gasteiger partial charge in [0.05, 0.1) is 10.0 Å². The normalized spacial score (nSPS) is 9.95. The molecule has 0 spiro atoms. The molecule has 2 rings (SSSR count). The maximum Gasteiger partial charge on any atom is 0.198 e. The molecular weight excluding hydrogens is 326 g/mol. The number of rotatable bonds is 0. The van der Waals surface area contributed by atoms with E-state index in [0.29, 0.717) is 5.56 Å². The van der Waals surface area contributed by atoms with E-state index >= 15 is 0 Å². The summed E-state index contributed by atoms with van der Waals surface area (Å²) in [5.74, 6) is -2.10. The predicted molar refractivity (Wildman–Crippen MR) is 64.2 cm³/mol. The zero-order chi connectivity index (χ0) is 14.0. The van der Waals surface area contributed by atoms with Crippen molar-refractivity contribution in [3.05, 3.63) is 63.4 Å². The molecule has 0 atom stereocenters. The van der Waals surface area contributed by atoms with E-state index in [1.54, 1.807) is 12.1 Å². The first-order valence-electron chi connectivity index (χ1n) is 4.96. The second kappa shape index (κ2) is 5.41. The third kappa shape index (κ3) is 2.61. The van der Waals surface area contributed by atoms with Crippen LogP contribution in [-0.4, -0.2) is 4.98 Å². The molecule has 0 aliphatic carbocycles. The van der Waals surface area contributed by atoms with Crippen molar-refractivity contribution in [1.29, 1.82) is 0 Å². The molecule has 0 aliphatic rings. The van der Waals surface area contributed by atoms with E-state index in [9.17, 15) is 17.6 Å². The van der Waals surface area contributed by atoms with Gasteiger partial charge in [0.1, 0.15) is 0 Å². The van der Waals surface area contributed by atoms with Crippen LogP contribution in [0.2, 0.25) is 0 Å². The Balaban J connectivity index is 2.57. The maximum absolute atomic E-state index is 13.5. The Hall–Kier alpha value is -1.87. The van der Waals surface area contributed by atoms with Gasteiger partial charge in [0.15, 0.2) is 23.3 Å². The monoisotopic (exact) mass is 329 g/mol. The Morgan fingerprint density at radius 1 is 0.947 bits per heavy atom. The Morgan fingerprint density at radius 3 is 2.26 bits per heavy atom. The first-order chi connectivity index (χ1) is 9.02. The van der Waals surface area contributed by atoms with Gasteiger partial charge in [-0.05, 0) is 28.1 Å². The lowest BCUT2D eigenvalue weighted by Crippen LogP contribution is -2.01. The molecule has 0 aliphatic heterocycles. The number of halogens is 5. The lowest BCUT2D eigenvalue weighted by molar-refractivity contribution is 0.405. The first kappa shape index (κ1) is 13.6. The Labute approximate surface area is 114 Å². The van der Waals surface area contributed by atoms with Crippen molar-refractivity contribution in [2.75, 3.05) is 0 Å². The molecule has 1 heterocycles. The number of hydrogen-bond donors (Lipinski definition) is 0. The molecule has 0 unspecified atom stereocenters. The highest BCUT2D eigenvalue weighted by Gasteiger charge is 2.22. The number of nitrogens with zero attached hydrogens (tertiary/aromatic N) is 1. The summed E-state index contributed by atoms with van der Waals surface area (Å²) in [5.41, 5.74) is -0.154. The predicted octanol–water partition coefficient (Wildman–Crippen LogP) is 3.80. The Morgan fingerprint density at radius 2 is 1.63 bits per heavy atom. The van der Waals surface area contributed by atoms with Gasteiger partial charge in [0.2, 0.25) is 0 Å². The fraction of sp³-hybridized carbons (Fsp3) is 0. The van der Waals surface area contributed by atoms with Gasteiger partial charge >= 0.3 is 0 Å². The van der Waals surface area contributed by atoms with Crippen LogP contribution in [0.5, 0.6) is 0 Å². The molecule has 96 valence electrons.